The monoisotopic (exact) mass is 243 g/mol. The van der Waals surface area contributed by atoms with Crippen molar-refractivity contribution in [2.45, 2.75) is 45.1 Å². The molecule has 2 nitrogen and oxygen atoms in total. The summed E-state index contributed by atoms with van der Waals surface area (Å²) in [5.41, 5.74) is 1.73. The van der Waals surface area contributed by atoms with E-state index in [2.05, 4.69) is 5.32 Å². The minimum Gasteiger partial charge on any atom is -0.386 e. The van der Waals surface area contributed by atoms with Gasteiger partial charge in [-0.2, -0.15) is 0 Å². The summed E-state index contributed by atoms with van der Waals surface area (Å²) in [5, 5.41) is 3.46. The topological polar surface area (TPSA) is 29.1 Å². The SMILES string of the molecule is CC(=CC(=O)c1ccccc1)NC1CCCCC1. The number of hydrogen-bond acceptors (Lipinski definition) is 2. The third-order valence-electron chi connectivity index (χ3n) is 3.44. The molecule has 96 valence electrons. The highest BCUT2D eigenvalue weighted by atomic mass is 16.1. The Balaban J connectivity index is 1.93. The lowest BCUT2D eigenvalue weighted by Gasteiger charge is -2.24. The molecule has 0 bridgehead atoms. The van der Waals surface area contributed by atoms with Crippen molar-refractivity contribution >= 4 is 5.78 Å². The summed E-state index contributed by atoms with van der Waals surface area (Å²) >= 11 is 0. The molecule has 1 aliphatic rings. The van der Waals surface area contributed by atoms with Gasteiger partial charge in [0.2, 0.25) is 0 Å². The molecule has 1 fully saturated rings. The zero-order valence-electron chi connectivity index (χ0n) is 11.0. The Labute approximate surface area is 109 Å². The predicted octanol–water partition coefficient (Wildman–Crippen LogP) is 3.70. The second kappa shape index (κ2) is 6.39. The molecule has 0 saturated heterocycles. The molecule has 2 heteroatoms. The molecule has 0 aliphatic heterocycles. The van der Waals surface area contributed by atoms with E-state index in [-0.39, 0.29) is 5.78 Å². The van der Waals surface area contributed by atoms with Gasteiger partial charge in [0.05, 0.1) is 0 Å². The zero-order valence-corrected chi connectivity index (χ0v) is 11.0. The molecule has 1 aliphatic carbocycles. The minimum atomic E-state index is 0.0800. The van der Waals surface area contributed by atoms with Crippen LogP contribution in [0.15, 0.2) is 42.1 Å². The van der Waals surface area contributed by atoms with Crippen molar-refractivity contribution in [1.82, 2.24) is 5.32 Å². The lowest BCUT2D eigenvalue weighted by atomic mass is 9.95. The molecular weight excluding hydrogens is 222 g/mol. The Bertz CT molecular complexity index is 416. The molecule has 0 aromatic heterocycles. The van der Waals surface area contributed by atoms with E-state index >= 15 is 0 Å². The van der Waals surface area contributed by atoms with Gasteiger partial charge in [0, 0.05) is 23.4 Å². The van der Waals surface area contributed by atoms with E-state index in [0.29, 0.717) is 6.04 Å². The van der Waals surface area contributed by atoms with E-state index in [1.807, 2.05) is 37.3 Å². The molecule has 0 unspecified atom stereocenters. The lowest BCUT2D eigenvalue weighted by Crippen LogP contribution is -2.29. The molecule has 0 atom stereocenters. The molecule has 0 radical (unpaired) electrons. The van der Waals surface area contributed by atoms with E-state index in [9.17, 15) is 4.79 Å². The van der Waals surface area contributed by atoms with Gasteiger partial charge in [-0.3, -0.25) is 4.79 Å². The molecule has 1 saturated carbocycles. The normalized spacial score (nSPS) is 17.5. The molecule has 0 heterocycles. The number of rotatable bonds is 4. The summed E-state index contributed by atoms with van der Waals surface area (Å²) in [5.74, 6) is 0.0800. The van der Waals surface area contributed by atoms with E-state index in [1.54, 1.807) is 6.08 Å². The van der Waals surface area contributed by atoms with Gasteiger partial charge in [-0.1, -0.05) is 49.6 Å². The summed E-state index contributed by atoms with van der Waals surface area (Å²) in [6.07, 6.45) is 8.12. The summed E-state index contributed by atoms with van der Waals surface area (Å²) in [7, 11) is 0. The number of carbonyl (C=O) groups excluding carboxylic acids is 1. The van der Waals surface area contributed by atoms with Crippen LogP contribution in [0.25, 0.3) is 0 Å². The highest BCUT2D eigenvalue weighted by molar-refractivity contribution is 6.04. The minimum absolute atomic E-state index is 0.0800. The van der Waals surface area contributed by atoms with Crippen molar-refractivity contribution in [2.75, 3.05) is 0 Å². The molecule has 18 heavy (non-hydrogen) atoms. The first kappa shape index (κ1) is 12.9. The summed E-state index contributed by atoms with van der Waals surface area (Å²) in [4.78, 5) is 12.0. The Morgan fingerprint density at radius 2 is 1.83 bits per heavy atom. The van der Waals surface area contributed by atoms with E-state index in [1.165, 1.54) is 32.1 Å². The van der Waals surface area contributed by atoms with Gasteiger partial charge in [0.1, 0.15) is 0 Å². The summed E-state index contributed by atoms with van der Waals surface area (Å²) < 4.78 is 0. The quantitative estimate of drug-likeness (QED) is 0.645. The van der Waals surface area contributed by atoms with Gasteiger partial charge in [-0.25, -0.2) is 0 Å². The van der Waals surface area contributed by atoms with Crippen LogP contribution in [0, 0.1) is 0 Å². The Morgan fingerprint density at radius 1 is 1.17 bits per heavy atom. The molecule has 1 aromatic rings. The van der Waals surface area contributed by atoms with Gasteiger partial charge in [-0.05, 0) is 19.8 Å². The third-order valence-corrected chi connectivity index (χ3v) is 3.44. The van der Waals surface area contributed by atoms with E-state index in [4.69, 9.17) is 0 Å². The molecule has 0 amide bonds. The molecule has 1 N–H and O–H groups in total. The third kappa shape index (κ3) is 3.73. The molecule has 1 aromatic carbocycles. The fourth-order valence-electron chi connectivity index (χ4n) is 2.49. The standard InChI is InChI=1S/C16H21NO/c1-13(17-15-10-6-3-7-11-15)12-16(18)14-8-4-2-5-9-14/h2,4-5,8-9,12,15,17H,3,6-7,10-11H2,1H3. The van der Waals surface area contributed by atoms with Crippen LogP contribution in [-0.4, -0.2) is 11.8 Å². The van der Waals surface area contributed by atoms with Crippen molar-refractivity contribution in [2.24, 2.45) is 0 Å². The summed E-state index contributed by atoms with van der Waals surface area (Å²) in [6, 6.07) is 9.97. The first-order chi connectivity index (χ1) is 8.75. The smallest absolute Gasteiger partial charge is 0.187 e. The zero-order chi connectivity index (χ0) is 12.8. The maximum atomic E-state index is 12.0. The van der Waals surface area contributed by atoms with E-state index < -0.39 is 0 Å². The fourth-order valence-corrected chi connectivity index (χ4v) is 2.49. The maximum absolute atomic E-state index is 12.0. The number of hydrogen-bond donors (Lipinski definition) is 1. The number of benzene rings is 1. The second-order valence-corrected chi connectivity index (χ2v) is 5.04. The van der Waals surface area contributed by atoms with E-state index in [0.717, 1.165) is 11.3 Å². The van der Waals surface area contributed by atoms with Crippen LogP contribution in [0.2, 0.25) is 0 Å². The predicted molar refractivity (Wildman–Crippen MR) is 74.5 cm³/mol. The van der Waals surface area contributed by atoms with Gasteiger partial charge in [0.15, 0.2) is 5.78 Å². The largest absolute Gasteiger partial charge is 0.386 e. The van der Waals surface area contributed by atoms with Crippen LogP contribution in [0.1, 0.15) is 49.4 Å². The van der Waals surface area contributed by atoms with Crippen LogP contribution in [0.5, 0.6) is 0 Å². The van der Waals surface area contributed by atoms with Crippen molar-refractivity contribution in [3.05, 3.63) is 47.7 Å². The highest BCUT2D eigenvalue weighted by Gasteiger charge is 2.13. The average Bonchev–Trinajstić information content (AvgIpc) is 2.40. The first-order valence-corrected chi connectivity index (χ1v) is 6.80. The number of allylic oxidation sites excluding steroid dienone is 2. The van der Waals surface area contributed by atoms with Crippen molar-refractivity contribution in [1.29, 1.82) is 0 Å². The Morgan fingerprint density at radius 3 is 2.50 bits per heavy atom. The van der Waals surface area contributed by atoms with Gasteiger partial charge < -0.3 is 5.32 Å². The second-order valence-electron chi connectivity index (χ2n) is 5.04. The van der Waals surface area contributed by atoms with Crippen LogP contribution >= 0.6 is 0 Å². The lowest BCUT2D eigenvalue weighted by molar-refractivity contribution is 0.104. The van der Waals surface area contributed by atoms with Crippen molar-refractivity contribution in [3.63, 3.8) is 0 Å². The fraction of sp³-hybridized carbons (Fsp3) is 0.438. The van der Waals surface area contributed by atoms with Crippen LogP contribution in [0.4, 0.5) is 0 Å². The highest BCUT2D eigenvalue weighted by Crippen LogP contribution is 2.18. The average molecular weight is 243 g/mol. The first-order valence-electron chi connectivity index (χ1n) is 6.80. The number of nitrogens with one attached hydrogen (secondary N) is 1. The molecular formula is C16H21NO. The maximum Gasteiger partial charge on any atom is 0.187 e. The van der Waals surface area contributed by atoms with Crippen molar-refractivity contribution in [3.8, 4) is 0 Å². The van der Waals surface area contributed by atoms with Gasteiger partial charge in [-0.15, -0.1) is 0 Å². The number of ketones is 1. The summed E-state index contributed by atoms with van der Waals surface area (Å²) in [6.45, 7) is 1.98. The molecule has 2 rings (SSSR count). The number of carbonyl (C=O) groups is 1. The van der Waals surface area contributed by atoms with Crippen LogP contribution in [-0.2, 0) is 0 Å². The van der Waals surface area contributed by atoms with Crippen LogP contribution in [0.3, 0.4) is 0 Å². The van der Waals surface area contributed by atoms with Crippen LogP contribution < -0.4 is 5.32 Å². The Kier molecular flexibility index (Phi) is 4.57. The Hall–Kier alpha value is -1.57. The van der Waals surface area contributed by atoms with Gasteiger partial charge >= 0.3 is 0 Å². The van der Waals surface area contributed by atoms with Gasteiger partial charge in [0.25, 0.3) is 0 Å². The molecule has 0 spiro atoms. The van der Waals surface area contributed by atoms with Crippen molar-refractivity contribution < 1.29 is 4.79 Å².